The summed E-state index contributed by atoms with van der Waals surface area (Å²) in [4.78, 5) is 19.3. The Morgan fingerprint density at radius 1 is 1.00 bits per heavy atom. The van der Waals surface area contributed by atoms with Gasteiger partial charge in [-0.05, 0) is 30.5 Å². The minimum Gasteiger partial charge on any atom is -0.290 e. The Morgan fingerprint density at radius 2 is 1.71 bits per heavy atom. The lowest BCUT2D eigenvalue weighted by Gasteiger charge is -2.03. The second kappa shape index (κ2) is 8.23. The summed E-state index contributed by atoms with van der Waals surface area (Å²) in [5, 5.41) is 5.37. The molecule has 0 fully saturated rings. The van der Waals surface area contributed by atoms with Gasteiger partial charge in [-0.3, -0.25) is 14.9 Å². The molecule has 4 nitrogen and oxygen atoms in total. The molecule has 5 heteroatoms. The van der Waals surface area contributed by atoms with E-state index >= 15 is 0 Å². The lowest BCUT2D eigenvalue weighted by molar-refractivity contribution is 0.852. The van der Waals surface area contributed by atoms with Crippen molar-refractivity contribution in [1.29, 1.82) is 0 Å². The smallest absolute Gasteiger partial charge is 0.280 e. The van der Waals surface area contributed by atoms with Gasteiger partial charge in [0.25, 0.3) is 5.56 Å². The Balaban J connectivity index is 1.76. The van der Waals surface area contributed by atoms with Gasteiger partial charge in [0.05, 0.1) is 16.9 Å². The molecule has 0 radical (unpaired) electrons. The van der Waals surface area contributed by atoms with E-state index in [-0.39, 0.29) is 5.56 Å². The zero-order valence-electron chi connectivity index (χ0n) is 15.6. The molecule has 0 spiro atoms. The van der Waals surface area contributed by atoms with E-state index in [0.717, 1.165) is 29.1 Å². The molecule has 28 heavy (non-hydrogen) atoms. The van der Waals surface area contributed by atoms with Crippen molar-refractivity contribution in [1.82, 2.24) is 9.78 Å². The highest BCUT2D eigenvalue weighted by molar-refractivity contribution is 7.09. The van der Waals surface area contributed by atoms with E-state index in [9.17, 15) is 4.79 Å². The molecule has 4 aromatic rings. The van der Waals surface area contributed by atoms with Gasteiger partial charge in [-0.25, -0.2) is 4.68 Å². The van der Waals surface area contributed by atoms with E-state index in [2.05, 4.69) is 22.6 Å². The lowest BCUT2D eigenvalue weighted by atomic mass is 10.1. The van der Waals surface area contributed by atoms with Crippen LogP contribution in [0.1, 0.15) is 17.4 Å². The molecule has 0 amide bonds. The average molecular weight is 388 g/mol. The number of nitrogens with one attached hydrogen (secondary N) is 1. The minimum absolute atomic E-state index is 0.0811. The van der Waals surface area contributed by atoms with Gasteiger partial charge < -0.3 is 0 Å². The number of aromatic amines is 1. The van der Waals surface area contributed by atoms with Gasteiger partial charge in [0, 0.05) is 29.1 Å². The predicted octanol–water partition coefficient (Wildman–Crippen LogP) is 4.95. The lowest BCUT2D eigenvalue weighted by Crippen LogP contribution is -2.19. The monoisotopic (exact) mass is 387 g/mol. The number of benzene rings is 2. The van der Waals surface area contributed by atoms with Crippen molar-refractivity contribution < 1.29 is 0 Å². The van der Waals surface area contributed by atoms with Crippen LogP contribution < -0.4 is 5.56 Å². The molecule has 0 saturated carbocycles. The van der Waals surface area contributed by atoms with Gasteiger partial charge in [0.1, 0.15) is 0 Å². The van der Waals surface area contributed by atoms with Gasteiger partial charge in [-0.2, -0.15) is 0 Å². The van der Waals surface area contributed by atoms with Crippen molar-refractivity contribution in [2.45, 2.75) is 13.3 Å². The van der Waals surface area contributed by atoms with Gasteiger partial charge in [0.2, 0.25) is 0 Å². The Kier molecular flexibility index (Phi) is 5.35. The number of aromatic nitrogens is 2. The molecule has 1 N–H and O–H groups in total. The van der Waals surface area contributed by atoms with Crippen LogP contribution in [0.3, 0.4) is 0 Å². The number of hydrogen-bond donors (Lipinski definition) is 1. The standard InChI is InChI=1S/C23H21N3OS/c1-17(24-15-14-20-13-8-16-28-20)21-22(18-9-4-2-5-10-18)25-26(23(21)27)19-11-6-3-7-12-19/h2-13,16,25H,14-15H2,1H3. The number of para-hydroxylation sites is 1. The molecule has 140 valence electrons. The van der Waals surface area contributed by atoms with Gasteiger partial charge >= 0.3 is 0 Å². The Labute approximate surface area is 167 Å². The quantitative estimate of drug-likeness (QED) is 0.468. The van der Waals surface area contributed by atoms with Crippen molar-refractivity contribution in [3.05, 3.63) is 99.0 Å². The normalized spacial score (nSPS) is 11.7. The highest BCUT2D eigenvalue weighted by atomic mass is 32.1. The first-order chi connectivity index (χ1) is 13.7. The van der Waals surface area contributed by atoms with Crippen molar-refractivity contribution in [3.63, 3.8) is 0 Å². The summed E-state index contributed by atoms with van der Waals surface area (Å²) in [6.45, 7) is 2.58. The molecule has 0 bridgehead atoms. The fraction of sp³-hybridized carbons (Fsp3) is 0.130. The summed E-state index contributed by atoms with van der Waals surface area (Å²) in [5.74, 6) is 0. The molecule has 2 heterocycles. The third-order valence-electron chi connectivity index (χ3n) is 4.62. The molecular formula is C23H21N3OS. The van der Waals surface area contributed by atoms with Crippen molar-refractivity contribution in [2.24, 2.45) is 4.99 Å². The Morgan fingerprint density at radius 3 is 2.39 bits per heavy atom. The zero-order valence-corrected chi connectivity index (χ0v) is 16.4. The van der Waals surface area contributed by atoms with E-state index in [1.165, 1.54) is 4.88 Å². The number of thiophene rings is 1. The highest BCUT2D eigenvalue weighted by Gasteiger charge is 2.18. The SMILES string of the molecule is CC(=NCCc1cccs1)c1c(-c2ccccc2)[nH]n(-c2ccccc2)c1=O. The molecule has 0 aliphatic rings. The fourth-order valence-corrected chi connectivity index (χ4v) is 3.91. The van der Waals surface area contributed by atoms with E-state index in [1.807, 2.05) is 67.6 Å². The molecule has 0 atom stereocenters. The second-order valence-corrected chi connectivity index (χ2v) is 7.53. The minimum atomic E-state index is -0.0811. The summed E-state index contributed by atoms with van der Waals surface area (Å²) < 4.78 is 1.59. The van der Waals surface area contributed by atoms with Crippen LogP contribution in [0.4, 0.5) is 0 Å². The van der Waals surface area contributed by atoms with E-state index in [1.54, 1.807) is 16.0 Å². The third kappa shape index (κ3) is 3.75. The summed E-state index contributed by atoms with van der Waals surface area (Å²) in [7, 11) is 0. The molecule has 2 aromatic carbocycles. The fourth-order valence-electron chi connectivity index (χ4n) is 3.21. The molecule has 0 aliphatic carbocycles. The van der Waals surface area contributed by atoms with Gasteiger partial charge in [-0.15, -0.1) is 11.3 Å². The first-order valence-corrected chi connectivity index (χ1v) is 10.1. The van der Waals surface area contributed by atoms with Gasteiger partial charge in [0.15, 0.2) is 0 Å². The number of H-pyrrole nitrogens is 1. The Bertz CT molecular complexity index is 1120. The second-order valence-electron chi connectivity index (χ2n) is 6.50. The summed E-state index contributed by atoms with van der Waals surface area (Å²) in [5.41, 5.74) is 3.88. The molecule has 0 aliphatic heterocycles. The van der Waals surface area contributed by atoms with Crippen molar-refractivity contribution in [3.8, 4) is 16.9 Å². The van der Waals surface area contributed by atoms with Crippen molar-refractivity contribution >= 4 is 17.0 Å². The largest absolute Gasteiger partial charge is 0.290 e. The Hall–Kier alpha value is -3.18. The van der Waals surface area contributed by atoms with Crippen LogP contribution in [0.5, 0.6) is 0 Å². The maximum absolute atomic E-state index is 13.2. The average Bonchev–Trinajstić information content (AvgIpc) is 3.37. The predicted molar refractivity (Wildman–Crippen MR) is 117 cm³/mol. The van der Waals surface area contributed by atoms with Gasteiger partial charge in [-0.1, -0.05) is 54.6 Å². The van der Waals surface area contributed by atoms with E-state index in [0.29, 0.717) is 12.1 Å². The zero-order chi connectivity index (χ0) is 19.3. The molecule has 4 rings (SSSR count). The van der Waals surface area contributed by atoms with E-state index in [4.69, 9.17) is 4.99 Å². The first kappa shape index (κ1) is 18.2. The highest BCUT2D eigenvalue weighted by Crippen LogP contribution is 2.21. The van der Waals surface area contributed by atoms with Crippen LogP contribution in [0, 0.1) is 0 Å². The van der Waals surface area contributed by atoms with Crippen LogP contribution in [0.2, 0.25) is 0 Å². The molecular weight excluding hydrogens is 366 g/mol. The summed E-state index contributed by atoms with van der Waals surface area (Å²) >= 11 is 1.73. The summed E-state index contributed by atoms with van der Waals surface area (Å²) in [6.07, 6.45) is 0.882. The van der Waals surface area contributed by atoms with E-state index < -0.39 is 0 Å². The van der Waals surface area contributed by atoms with Crippen LogP contribution in [-0.2, 0) is 6.42 Å². The van der Waals surface area contributed by atoms with Crippen LogP contribution in [0.15, 0.2) is 88.0 Å². The van der Waals surface area contributed by atoms with Crippen LogP contribution in [0.25, 0.3) is 16.9 Å². The maximum Gasteiger partial charge on any atom is 0.280 e. The third-order valence-corrected chi connectivity index (χ3v) is 5.55. The van der Waals surface area contributed by atoms with Crippen LogP contribution in [-0.4, -0.2) is 22.0 Å². The molecule has 0 saturated heterocycles. The number of rotatable bonds is 6. The maximum atomic E-state index is 13.2. The summed E-state index contributed by atoms with van der Waals surface area (Å²) in [6, 6.07) is 23.7. The van der Waals surface area contributed by atoms with Crippen molar-refractivity contribution in [2.75, 3.05) is 6.54 Å². The molecule has 0 unspecified atom stereocenters. The molecule has 2 aromatic heterocycles. The number of nitrogens with zero attached hydrogens (tertiary/aromatic N) is 2. The topological polar surface area (TPSA) is 50.1 Å². The first-order valence-electron chi connectivity index (χ1n) is 9.23. The number of hydrogen-bond acceptors (Lipinski definition) is 3. The van der Waals surface area contributed by atoms with Crippen LogP contribution >= 0.6 is 11.3 Å². The number of aliphatic imine (C=N–C) groups is 1.